The average molecular weight is 293 g/mol. The Balaban J connectivity index is 2.88. The van der Waals surface area contributed by atoms with E-state index in [1.807, 2.05) is 0 Å². The van der Waals surface area contributed by atoms with Gasteiger partial charge in [-0.25, -0.2) is 0 Å². The lowest BCUT2D eigenvalue weighted by molar-refractivity contribution is 0.0136. The first-order chi connectivity index (χ1) is 10.2. The van der Waals surface area contributed by atoms with Gasteiger partial charge in [0.05, 0.1) is 6.10 Å². The fraction of sp³-hybridized carbons (Fsp3) is 0.667. The lowest BCUT2D eigenvalue weighted by Crippen LogP contribution is -2.42. The fourth-order valence-corrected chi connectivity index (χ4v) is 2.63. The number of hydrogen-bond donors (Lipinski definition) is 1. The maximum atomic E-state index is 6.09. The van der Waals surface area contributed by atoms with E-state index < -0.39 is 0 Å². The maximum absolute atomic E-state index is 6.09. The Labute approximate surface area is 130 Å². The first kappa shape index (κ1) is 18.1. The quantitative estimate of drug-likeness (QED) is 0.673. The molecule has 3 atom stereocenters. The molecule has 1 rings (SSSR count). The zero-order chi connectivity index (χ0) is 15.5. The monoisotopic (exact) mass is 293 g/mol. The van der Waals surface area contributed by atoms with E-state index in [2.05, 4.69) is 56.4 Å². The molecule has 0 amide bonds. The number of rotatable bonds is 11. The summed E-state index contributed by atoms with van der Waals surface area (Å²) in [5.41, 5.74) is 1.25. The highest BCUT2D eigenvalue weighted by Crippen LogP contribution is 2.27. The molecule has 3 heteroatoms. The lowest BCUT2D eigenvalue weighted by Gasteiger charge is -2.33. The van der Waals surface area contributed by atoms with Crippen molar-refractivity contribution in [2.24, 2.45) is 5.92 Å². The van der Waals surface area contributed by atoms with Gasteiger partial charge in [0.25, 0.3) is 0 Å². The third-order valence-corrected chi connectivity index (χ3v) is 3.82. The Hall–Kier alpha value is -0.900. The van der Waals surface area contributed by atoms with Crippen LogP contribution in [0.2, 0.25) is 0 Å². The van der Waals surface area contributed by atoms with Gasteiger partial charge in [0.1, 0.15) is 0 Å². The third-order valence-electron chi connectivity index (χ3n) is 3.82. The molecule has 0 fully saturated rings. The van der Waals surface area contributed by atoms with Crippen LogP contribution in [0.25, 0.3) is 0 Å². The van der Waals surface area contributed by atoms with Gasteiger partial charge in [-0.1, -0.05) is 44.2 Å². The number of benzene rings is 1. The van der Waals surface area contributed by atoms with Crippen molar-refractivity contribution in [3.8, 4) is 0 Å². The van der Waals surface area contributed by atoms with Crippen LogP contribution in [0.5, 0.6) is 0 Å². The molecule has 0 saturated heterocycles. The van der Waals surface area contributed by atoms with Crippen molar-refractivity contribution in [2.45, 2.75) is 45.8 Å². The number of hydrogen-bond acceptors (Lipinski definition) is 3. The molecule has 0 saturated carbocycles. The van der Waals surface area contributed by atoms with Crippen LogP contribution in [0.1, 0.15) is 45.3 Å². The predicted octanol–water partition coefficient (Wildman–Crippen LogP) is 3.81. The molecule has 1 aromatic carbocycles. The molecule has 0 aliphatic rings. The molecular weight excluding hydrogens is 262 g/mol. The maximum Gasteiger partial charge on any atom is 0.0980 e. The van der Waals surface area contributed by atoms with Crippen LogP contribution in [-0.2, 0) is 9.47 Å². The van der Waals surface area contributed by atoms with Crippen molar-refractivity contribution in [1.82, 2.24) is 5.32 Å². The van der Waals surface area contributed by atoms with Gasteiger partial charge in [0.15, 0.2) is 0 Å². The van der Waals surface area contributed by atoms with E-state index in [0.717, 1.165) is 32.6 Å². The van der Waals surface area contributed by atoms with Crippen molar-refractivity contribution < 1.29 is 9.47 Å². The molecule has 0 heterocycles. The molecular formula is C18H31NO2. The van der Waals surface area contributed by atoms with E-state index in [0.29, 0.717) is 12.0 Å². The van der Waals surface area contributed by atoms with E-state index in [1.54, 1.807) is 7.11 Å². The van der Waals surface area contributed by atoms with E-state index in [-0.39, 0.29) is 6.10 Å². The Morgan fingerprint density at radius 1 is 1.14 bits per heavy atom. The summed E-state index contributed by atoms with van der Waals surface area (Å²) in [5, 5.41) is 3.68. The second-order valence-electron chi connectivity index (χ2n) is 5.53. The van der Waals surface area contributed by atoms with Crippen molar-refractivity contribution in [1.29, 1.82) is 0 Å². The van der Waals surface area contributed by atoms with E-state index in [9.17, 15) is 0 Å². The average Bonchev–Trinajstić information content (AvgIpc) is 2.53. The van der Waals surface area contributed by atoms with Gasteiger partial charge in [0.2, 0.25) is 0 Å². The SMILES string of the molecule is CCCNC(C(C)CCOC)C(OCC)c1ccccc1. The summed E-state index contributed by atoms with van der Waals surface area (Å²) >= 11 is 0. The van der Waals surface area contributed by atoms with Gasteiger partial charge in [-0.05, 0) is 37.8 Å². The highest BCUT2D eigenvalue weighted by Gasteiger charge is 2.27. The third kappa shape index (κ3) is 6.16. The summed E-state index contributed by atoms with van der Waals surface area (Å²) in [6.07, 6.45) is 2.25. The molecule has 0 aromatic heterocycles. The molecule has 0 aliphatic carbocycles. The van der Waals surface area contributed by atoms with Crippen LogP contribution in [0.3, 0.4) is 0 Å². The lowest BCUT2D eigenvalue weighted by atomic mass is 9.89. The second kappa shape index (κ2) is 10.8. The molecule has 21 heavy (non-hydrogen) atoms. The molecule has 3 unspecified atom stereocenters. The Morgan fingerprint density at radius 3 is 2.43 bits per heavy atom. The molecule has 0 spiro atoms. The molecule has 1 N–H and O–H groups in total. The molecule has 3 nitrogen and oxygen atoms in total. The normalized spacial score (nSPS) is 15.6. The number of nitrogens with one attached hydrogen (secondary N) is 1. The first-order valence-electron chi connectivity index (χ1n) is 8.13. The topological polar surface area (TPSA) is 30.5 Å². The Kier molecular flexibility index (Phi) is 9.31. The van der Waals surface area contributed by atoms with Crippen LogP contribution >= 0.6 is 0 Å². The summed E-state index contributed by atoms with van der Waals surface area (Å²) in [7, 11) is 1.76. The molecule has 120 valence electrons. The molecule has 0 aliphatic heterocycles. The minimum Gasteiger partial charge on any atom is -0.385 e. The minimum absolute atomic E-state index is 0.0922. The van der Waals surface area contributed by atoms with Crippen LogP contribution in [0, 0.1) is 5.92 Å². The minimum atomic E-state index is 0.0922. The van der Waals surface area contributed by atoms with E-state index in [1.165, 1.54) is 5.56 Å². The number of ether oxygens (including phenoxy) is 2. The molecule has 1 aromatic rings. The van der Waals surface area contributed by atoms with Gasteiger partial charge in [0, 0.05) is 26.4 Å². The van der Waals surface area contributed by atoms with Crippen LogP contribution in [0.4, 0.5) is 0 Å². The standard InChI is InChI=1S/C18H31NO2/c1-5-13-19-17(15(3)12-14-20-4)18(21-6-2)16-10-8-7-9-11-16/h7-11,15,17-19H,5-6,12-14H2,1-4H3. The van der Waals surface area contributed by atoms with Crippen molar-refractivity contribution in [2.75, 3.05) is 26.9 Å². The smallest absolute Gasteiger partial charge is 0.0980 e. The van der Waals surface area contributed by atoms with Crippen LogP contribution < -0.4 is 5.32 Å². The van der Waals surface area contributed by atoms with Gasteiger partial charge < -0.3 is 14.8 Å². The fourth-order valence-electron chi connectivity index (χ4n) is 2.63. The van der Waals surface area contributed by atoms with Gasteiger partial charge in [-0.15, -0.1) is 0 Å². The largest absolute Gasteiger partial charge is 0.385 e. The van der Waals surface area contributed by atoms with Gasteiger partial charge >= 0.3 is 0 Å². The molecule has 0 bridgehead atoms. The second-order valence-corrected chi connectivity index (χ2v) is 5.53. The number of methoxy groups -OCH3 is 1. The highest BCUT2D eigenvalue weighted by atomic mass is 16.5. The van der Waals surface area contributed by atoms with Crippen molar-refractivity contribution in [3.05, 3.63) is 35.9 Å². The van der Waals surface area contributed by atoms with Gasteiger partial charge in [-0.2, -0.15) is 0 Å². The van der Waals surface area contributed by atoms with Crippen molar-refractivity contribution >= 4 is 0 Å². The van der Waals surface area contributed by atoms with Gasteiger partial charge in [-0.3, -0.25) is 0 Å². The van der Waals surface area contributed by atoms with E-state index >= 15 is 0 Å². The van der Waals surface area contributed by atoms with Crippen LogP contribution in [0.15, 0.2) is 30.3 Å². The van der Waals surface area contributed by atoms with E-state index in [4.69, 9.17) is 9.47 Å². The van der Waals surface area contributed by atoms with Crippen LogP contribution in [-0.4, -0.2) is 32.9 Å². The first-order valence-corrected chi connectivity index (χ1v) is 8.13. The highest BCUT2D eigenvalue weighted by molar-refractivity contribution is 5.19. The predicted molar refractivity (Wildman–Crippen MR) is 88.5 cm³/mol. The van der Waals surface area contributed by atoms with Crippen molar-refractivity contribution in [3.63, 3.8) is 0 Å². The Bertz CT molecular complexity index is 355. The Morgan fingerprint density at radius 2 is 1.86 bits per heavy atom. The zero-order valence-electron chi connectivity index (χ0n) is 14.0. The zero-order valence-corrected chi connectivity index (χ0v) is 14.0. The summed E-state index contributed by atoms with van der Waals surface area (Å²) in [6.45, 7) is 9.06. The summed E-state index contributed by atoms with van der Waals surface area (Å²) in [4.78, 5) is 0. The summed E-state index contributed by atoms with van der Waals surface area (Å²) in [6, 6.07) is 10.8. The molecule has 0 radical (unpaired) electrons. The summed E-state index contributed by atoms with van der Waals surface area (Å²) < 4.78 is 11.3. The summed E-state index contributed by atoms with van der Waals surface area (Å²) in [5.74, 6) is 0.494.